The molecule has 1 aliphatic carbocycles. The minimum Gasteiger partial charge on any atom is -0.462 e. The van der Waals surface area contributed by atoms with Gasteiger partial charge in [0.25, 0.3) is 0 Å². The molecule has 38 heavy (non-hydrogen) atoms. The summed E-state index contributed by atoms with van der Waals surface area (Å²) in [5.74, 6) is -1.53. The Morgan fingerprint density at radius 2 is 1.89 bits per heavy atom. The second-order valence-corrected chi connectivity index (χ2v) is 12.4. The quantitative estimate of drug-likeness (QED) is 0.352. The number of rotatable bonds is 0. The first-order valence-electron chi connectivity index (χ1n) is 14.3. The first-order chi connectivity index (χ1) is 18.0. The molecule has 5 aliphatic rings. The lowest BCUT2D eigenvalue weighted by Gasteiger charge is -2.49. The molecule has 2 unspecified atom stereocenters. The Morgan fingerprint density at radius 3 is 2.66 bits per heavy atom. The summed E-state index contributed by atoms with van der Waals surface area (Å²) < 4.78 is 25.2. The first kappa shape index (κ1) is 27.8. The molecule has 10 atom stereocenters. The number of hydrogen-bond acceptors (Lipinski definition) is 7. The van der Waals surface area contributed by atoms with Gasteiger partial charge in [0, 0.05) is 19.3 Å². The second-order valence-electron chi connectivity index (χ2n) is 12.4. The first-order valence-corrected chi connectivity index (χ1v) is 14.3. The molecule has 2 N–H and O–H groups in total. The third-order valence-electron chi connectivity index (χ3n) is 9.30. The Morgan fingerprint density at radius 1 is 1.11 bits per heavy atom. The Bertz CT molecular complexity index is 1040. The van der Waals surface area contributed by atoms with Crippen molar-refractivity contribution in [3.8, 4) is 0 Å². The molecular formula is C31H44O7. The van der Waals surface area contributed by atoms with Crippen LogP contribution in [0.2, 0.25) is 0 Å². The van der Waals surface area contributed by atoms with Crippen molar-refractivity contribution in [3.05, 3.63) is 47.1 Å². The third-order valence-corrected chi connectivity index (χ3v) is 9.30. The summed E-state index contributed by atoms with van der Waals surface area (Å²) >= 11 is 0. The topological polar surface area (TPSA) is 94.5 Å². The van der Waals surface area contributed by atoms with Gasteiger partial charge in [-0.2, -0.15) is 0 Å². The number of ether oxygens (including phenoxy) is 4. The van der Waals surface area contributed by atoms with Crippen LogP contribution in [0, 0.1) is 17.8 Å². The fourth-order valence-electron chi connectivity index (χ4n) is 6.85. The minimum atomic E-state index is -1.68. The molecule has 4 heterocycles. The van der Waals surface area contributed by atoms with E-state index in [-0.39, 0.29) is 18.8 Å². The summed E-state index contributed by atoms with van der Waals surface area (Å²) in [6.45, 7) is 10.5. The van der Waals surface area contributed by atoms with Gasteiger partial charge in [0.2, 0.25) is 0 Å². The van der Waals surface area contributed by atoms with Crippen molar-refractivity contribution in [2.24, 2.45) is 17.8 Å². The molecule has 5 rings (SSSR count). The predicted molar refractivity (Wildman–Crippen MR) is 143 cm³/mol. The highest BCUT2D eigenvalue weighted by molar-refractivity contribution is 5.78. The zero-order valence-corrected chi connectivity index (χ0v) is 23.4. The number of aliphatic hydroxyl groups excluding tert-OH is 1. The van der Waals surface area contributed by atoms with Gasteiger partial charge < -0.3 is 29.2 Å². The highest BCUT2D eigenvalue weighted by Gasteiger charge is 2.60. The Balaban J connectivity index is 1.51. The van der Waals surface area contributed by atoms with Crippen LogP contribution in [-0.4, -0.2) is 64.7 Å². The van der Waals surface area contributed by atoms with Crippen molar-refractivity contribution in [1.82, 2.24) is 0 Å². The van der Waals surface area contributed by atoms with E-state index in [1.54, 1.807) is 13.0 Å². The predicted octanol–water partition coefficient (Wildman–Crippen LogP) is 4.53. The highest BCUT2D eigenvalue weighted by atomic mass is 16.7. The van der Waals surface area contributed by atoms with Crippen molar-refractivity contribution in [3.63, 3.8) is 0 Å². The molecule has 1 spiro atoms. The van der Waals surface area contributed by atoms with Gasteiger partial charge in [0.1, 0.15) is 29.8 Å². The maximum Gasteiger partial charge on any atom is 0.316 e. The van der Waals surface area contributed by atoms with Crippen LogP contribution in [-0.2, 0) is 23.7 Å². The summed E-state index contributed by atoms with van der Waals surface area (Å²) in [4.78, 5) is 13.8. The lowest BCUT2D eigenvalue weighted by atomic mass is 9.71. The molecule has 0 aromatic rings. The van der Waals surface area contributed by atoms with E-state index >= 15 is 0 Å². The van der Waals surface area contributed by atoms with Gasteiger partial charge >= 0.3 is 5.97 Å². The number of aliphatic hydroxyl groups is 2. The van der Waals surface area contributed by atoms with Gasteiger partial charge in [-0.05, 0) is 63.0 Å². The van der Waals surface area contributed by atoms with Gasteiger partial charge in [-0.25, -0.2) is 0 Å². The number of allylic oxidation sites excluding steroid dienone is 4. The molecule has 7 heteroatoms. The van der Waals surface area contributed by atoms with Crippen LogP contribution >= 0.6 is 0 Å². The van der Waals surface area contributed by atoms with Crippen LogP contribution in [0.25, 0.3) is 0 Å². The monoisotopic (exact) mass is 528 g/mol. The van der Waals surface area contributed by atoms with Crippen molar-refractivity contribution in [2.75, 3.05) is 6.61 Å². The summed E-state index contributed by atoms with van der Waals surface area (Å²) in [5, 5.41) is 22.8. The summed E-state index contributed by atoms with van der Waals surface area (Å²) in [6, 6.07) is 0. The Kier molecular flexibility index (Phi) is 7.79. The van der Waals surface area contributed by atoms with Crippen molar-refractivity contribution in [1.29, 1.82) is 0 Å². The van der Waals surface area contributed by atoms with Crippen LogP contribution in [0.15, 0.2) is 47.1 Å². The number of esters is 1. The van der Waals surface area contributed by atoms with Crippen molar-refractivity contribution >= 4 is 5.97 Å². The largest absolute Gasteiger partial charge is 0.462 e. The fraction of sp³-hybridized carbons (Fsp3) is 0.710. The molecule has 0 saturated carbocycles. The average molecular weight is 529 g/mol. The lowest BCUT2D eigenvalue weighted by molar-refractivity contribution is -0.332. The summed E-state index contributed by atoms with van der Waals surface area (Å²) in [5.41, 5.74) is 0.783. The van der Waals surface area contributed by atoms with Crippen LogP contribution < -0.4 is 0 Å². The van der Waals surface area contributed by atoms with Gasteiger partial charge in [0.05, 0.1) is 18.8 Å². The van der Waals surface area contributed by atoms with E-state index in [0.29, 0.717) is 35.8 Å². The SMILES string of the molecule is CC1=C[C@H]2C(=O)O[C@H]3CC(C/C=C(\C)C[C@@H](C)C=CC=C4CO[C@H]([C@@H]1O)[C@@]42O)O[C@@]1(CC[C@H](C)C(C)O1)C3. The van der Waals surface area contributed by atoms with Gasteiger partial charge in [0.15, 0.2) is 5.79 Å². The minimum absolute atomic E-state index is 0.0526. The zero-order valence-electron chi connectivity index (χ0n) is 23.4. The van der Waals surface area contributed by atoms with Gasteiger partial charge in [-0.3, -0.25) is 4.79 Å². The normalized spacial score (nSPS) is 47.4. The molecule has 0 aromatic carbocycles. The van der Waals surface area contributed by atoms with E-state index in [2.05, 4.69) is 39.8 Å². The third kappa shape index (κ3) is 5.20. The number of hydrogen-bond donors (Lipinski definition) is 2. The molecular weight excluding hydrogens is 484 g/mol. The number of carbonyl (C=O) groups is 1. The lowest BCUT2D eigenvalue weighted by Crippen LogP contribution is -2.58. The molecule has 0 amide bonds. The highest BCUT2D eigenvalue weighted by Crippen LogP contribution is 2.47. The number of carbonyl (C=O) groups excluding carboxylic acids is 1. The zero-order chi connectivity index (χ0) is 27.2. The molecule has 0 radical (unpaired) electrons. The van der Waals surface area contributed by atoms with E-state index in [1.165, 1.54) is 5.57 Å². The van der Waals surface area contributed by atoms with E-state index in [0.717, 1.165) is 25.7 Å². The standard InChI is InChI=1S/C31H44O7/c1-18-7-6-8-23-17-35-28-27(32)21(4)14-26(31(23,28)34)29(33)36-25-15-24(10-9-19(2)13-18)38-30(16-25)12-11-20(3)22(5)37-30/h6-9,14,18,20,22,24-28,32,34H,10-13,15-17H2,1-5H3/b7-6?,19-9+,23-8?/t18-,20-,22?,24?,25-,26-,27+,28+,30-,31+/m0/s1. The second kappa shape index (κ2) is 10.7. The molecule has 7 nitrogen and oxygen atoms in total. The molecule has 3 fully saturated rings. The van der Waals surface area contributed by atoms with Crippen LogP contribution in [0.4, 0.5) is 0 Å². The van der Waals surface area contributed by atoms with Crippen molar-refractivity contribution in [2.45, 2.75) is 115 Å². The summed E-state index contributed by atoms with van der Waals surface area (Å²) in [6.07, 6.45) is 11.8. The summed E-state index contributed by atoms with van der Waals surface area (Å²) in [7, 11) is 0. The molecule has 3 saturated heterocycles. The average Bonchev–Trinajstić information content (AvgIpc) is 3.19. The van der Waals surface area contributed by atoms with Crippen molar-refractivity contribution < 1.29 is 34.0 Å². The van der Waals surface area contributed by atoms with E-state index < -0.39 is 41.6 Å². The molecule has 210 valence electrons. The maximum absolute atomic E-state index is 13.8. The fourth-order valence-corrected chi connectivity index (χ4v) is 6.85. The Labute approximate surface area is 226 Å². The number of fused-ring (bicyclic) bond motifs is 2. The van der Waals surface area contributed by atoms with Crippen LogP contribution in [0.1, 0.15) is 73.1 Å². The van der Waals surface area contributed by atoms with E-state index in [4.69, 9.17) is 18.9 Å². The molecule has 2 bridgehead atoms. The smallest absolute Gasteiger partial charge is 0.316 e. The van der Waals surface area contributed by atoms with E-state index in [1.807, 2.05) is 12.2 Å². The molecule has 4 aliphatic heterocycles. The Hall–Kier alpha value is -1.77. The van der Waals surface area contributed by atoms with Gasteiger partial charge in [-0.1, -0.05) is 49.8 Å². The van der Waals surface area contributed by atoms with Crippen LogP contribution in [0.5, 0.6) is 0 Å². The van der Waals surface area contributed by atoms with Gasteiger partial charge in [-0.15, -0.1) is 0 Å². The maximum atomic E-state index is 13.8. The van der Waals surface area contributed by atoms with Crippen LogP contribution in [0.3, 0.4) is 0 Å². The molecule has 0 aromatic heterocycles. The van der Waals surface area contributed by atoms with E-state index in [9.17, 15) is 15.0 Å².